The molecular formula is C62H98NO8+. The third kappa shape index (κ3) is 52.8. The Hall–Kier alpha value is -4.83. The molecule has 0 spiro atoms. The van der Waals surface area contributed by atoms with Crippen molar-refractivity contribution < 1.29 is 42.9 Å². The molecule has 0 aromatic heterocycles. The molecule has 0 saturated heterocycles. The number of aliphatic carboxylic acids is 1. The number of rotatable bonds is 47. The van der Waals surface area contributed by atoms with Crippen molar-refractivity contribution in [1.29, 1.82) is 0 Å². The molecule has 0 aromatic carbocycles. The number of hydrogen-bond acceptors (Lipinski definition) is 7. The fourth-order valence-electron chi connectivity index (χ4n) is 6.49. The average Bonchev–Trinajstić information content (AvgIpc) is 3.34. The molecule has 2 unspecified atom stereocenters. The molecule has 0 aliphatic heterocycles. The maximum atomic E-state index is 12.8. The number of hydrogen-bond donors (Lipinski definition) is 1. The summed E-state index contributed by atoms with van der Waals surface area (Å²) in [5.74, 6) is -2.10. The van der Waals surface area contributed by atoms with E-state index in [0.29, 0.717) is 23.9 Å². The summed E-state index contributed by atoms with van der Waals surface area (Å²) in [7, 11) is 5.93. The number of quaternary nitrogens is 1. The molecule has 0 saturated carbocycles. The maximum absolute atomic E-state index is 12.8. The van der Waals surface area contributed by atoms with Crippen LogP contribution in [0.5, 0.6) is 0 Å². The van der Waals surface area contributed by atoms with Gasteiger partial charge in [0.05, 0.1) is 34.4 Å². The molecule has 1 N–H and O–H groups in total. The Labute approximate surface area is 432 Å². The number of esters is 2. The molecule has 0 aromatic rings. The molecule has 0 radical (unpaired) electrons. The molecule has 71 heavy (non-hydrogen) atoms. The van der Waals surface area contributed by atoms with Crippen molar-refractivity contribution in [2.45, 2.75) is 180 Å². The van der Waals surface area contributed by atoms with E-state index in [9.17, 15) is 19.5 Å². The van der Waals surface area contributed by atoms with Crippen LogP contribution in [0.2, 0.25) is 0 Å². The molecule has 2 atom stereocenters. The quantitative estimate of drug-likeness (QED) is 0.0211. The van der Waals surface area contributed by atoms with Crippen LogP contribution < -0.4 is 0 Å². The normalized spacial score (nSPS) is 14.0. The standard InChI is InChI=1S/C62H97NO8/c1-6-8-10-12-14-16-18-20-22-24-25-26-27-28-29-30-31-32-33-34-35-37-39-41-43-45-47-49-51-53-60(65)71-58(57-70-62(61(66)67)68-55-54-63(3,4)5)56-69-59(64)52-50-48-46-44-42-40-38-36-23-21-19-17-15-13-11-9-7-2/h8-11,14-17,20-23,25-26,28-29,31-32,34-35,38-41,58,62H,6-7,12-13,18-19,24,27,30,33,36-37,42-57H2,1-5H3/p+1/b10-8-,11-9-,16-14-,17-15-,22-20-,23-21-,26-25-,29-28-,32-31-,35-34-,40-38-,41-39-. The van der Waals surface area contributed by atoms with Gasteiger partial charge in [-0.15, -0.1) is 0 Å². The number of likely N-dealkylation sites (N-methyl/N-ethyl adjacent to an activating group) is 1. The van der Waals surface area contributed by atoms with Crippen molar-refractivity contribution in [3.8, 4) is 0 Å². The minimum atomic E-state index is -1.53. The highest BCUT2D eigenvalue weighted by Crippen LogP contribution is 2.12. The number of carboxylic acids is 1. The second-order valence-electron chi connectivity index (χ2n) is 18.4. The predicted molar refractivity (Wildman–Crippen MR) is 299 cm³/mol. The van der Waals surface area contributed by atoms with E-state index in [4.69, 9.17) is 18.9 Å². The van der Waals surface area contributed by atoms with Gasteiger partial charge >= 0.3 is 17.9 Å². The van der Waals surface area contributed by atoms with Gasteiger partial charge < -0.3 is 28.5 Å². The molecule has 398 valence electrons. The van der Waals surface area contributed by atoms with E-state index in [1.54, 1.807) is 0 Å². The van der Waals surface area contributed by atoms with Crippen LogP contribution in [0.15, 0.2) is 146 Å². The topological polar surface area (TPSA) is 108 Å². The second kappa shape index (κ2) is 51.5. The van der Waals surface area contributed by atoms with Crippen LogP contribution in [-0.2, 0) is 33.3 Å². The summed E-state index contributed by atoms with van der Waals surface area (Å²) in [5, 5.41) is 9.68. The van der Waals surface area contributed by atoms with E-state index in [1.165, 1.54) is 0 Å². The van der Waals surface area contributed by atoms with Crippen LogP contribution in [-0.4, -0.2) is 87.4 Å². The molecule has 0 amide bonds. The summed E-state index contributed by atoms with van der Waals surface area (Å²) >= 11 is 0. The van der Waals surface area contributed by atoms with E-state index in [0.717, 1.165) is 128 Å². The number of ether oxygens (including phenoxy) is 4. The van der Waals surface area contributed by atoms with Gasteiger partial charge in [-0.2, -0.15) is 0 Å². The predicted octanol–water partition coefficient (Wildman–Crippen LogP) is 15.7. The number of nitrogens with zero attached hydrogens (tertiary/aromatic N) is 1. The van der Waals surface area contributed by atoms with Gasteiger partial charge in [0.15, 0.2) is 6.10 Å². The summed E-state index contributed by atoms with van der Waals surface area (Å²) in [6, 6.07) is 0. The van der Waals surface area contributed by atoms with E-state index >= 15 is 0 Å². The summed E-state index contributed by atoms with van der Waals surface area (Å²) < 4.78 is 22.8. The Bertz CT molecular complexity index is 1670. The van der Waals surface area contributed by atoms with Gasteiger partial charge in [0.25, 0.3) is 6.29 Å². The highest BCUT2D eigenvalue weighted by molar-refractivity contribution is 5.71. The summed E-state index contributed by atoms with van der Waals surface area (Å²) in [5.41, 5.74) is 0. The fourth-order valence-corrected chi connectivity index (χ4v) is 6.49. The number of carbonyl (C=O) groups is 3. The van der Waals surface area contributed by atoms with Crippen molar-refractivity contribution in [1.82, 2.24) is 0 Å². The Morgan fingerprint density at radius 3 is 1.11 bits per heavy atom. The Kier molecular flexibility index (Phi) is 48.0. The number of carbonyl (C=O) groups excluding carboxylic acids is 2. The van der Waals surface area contributed by atoms with Crippen LogP contribution in [0.25, 0.3) is 0 Å². The van der Waals surface area contributed by atoms with Crippen LogP contribution in [0.4, 0.5) is 0 Å². The number of allylic oxidation sites excluding steroid dienone is 24. The van der Waals surface area contributed by atoms with Crippen LogP contribution in [0.3, 0.4) is 0 Å². The van der Waals surface area contributed by atoms with Gasteiger partial charge in [0.1, 0.15) is 13.2 Å². The minimum Gasteiger partial charge on any atom is -0.477 e. The van der Waals surface area contributed by atoms with Crippen LogP contribution >= 0.6 is 0 Å². The molecule has 0 rings (SSSR count). The van der Waals surface area contributed by atoms with Crippen molar-refractivity contribution in [2.24, 2.45) is 0 Å². The zero-order chi connectivity index (χ0) is 52.0. The van der Waals surface area contributed by atoms with Crippen molar-refractivity contribution in [3.63, 3.8) is 0 Å². The lowest BCUT2D eigenvalue weighted by Gasteiger charge is -2.25. The summed E-state index contributed by atoms with van der Waals surface area (Å²) in [6.07, 6.45) is 72.0. The van der Waals surface area contributed by atoms with Gasteiger partial charge in [-0.3, -0.25) is 9.59 Å². The molecule has 0 bridgehead atoms. The van der Waals surface area contributed by atoms with Gasteiger partial charge in [0.2, 0.25) is 0 Å². The molecule has 0 aliphatic carbocycles. The first-order valence-corrected chi connectivity index (χ1v) is 27.0. The Morgan fingerprint density at radius 1 is 0.423 bits per heavy atom. The minimum absolute atomic E-state index is 0.169. The van der Waals surface area contributed by atoms with E-state index in [-0.39, 0.29) is 38.6 Å². The first-order valence-electron chi connectivity index (χ1n) is 27.0. The Morgan fingerprint density at radius 2 is 0.761 bits per heavy atom. The molecule has 9 nitrogen and oxygen atoms in total. The summed E-state index contributed by atoms with van der Waals surface area (Å²) in [6.45, 7) is 4.55. The smallest absolute Gasteiger partial charge is 0.361 e. The summed E-state index contributed by atoms with van der Waals surface area (Å²) in [4.78, 5) is 37.3. The number of carboxylic acid groups (broad SMARTS) is 1. The van der Waals surface area contributed by atoms with Gasteiger partial charge in [-0.1, -0.05) is 185 Å². The third-order valence-corrected chi connectivity index (χ3v) is 10.6. The third-order valence-electron chi connectivity index (χ3n) is 10.6. The van der Waals surface area contributed by atoms with Gasteiger partial charge in [-0.25, -0.2) is 4.79 Å². The van der Waals surface area contributed by atoms with Crippen LogP contribution in [0.1, 0.15) is 168 Å². The largest absolute Gasteiger partial charge is 0.477 e. The molecule has 0 aliphatic rings. The second-order valence-corrected chi connectivity index (χ2v) is 18.4. The van der Waals surface area contributed by atoms with E-state index in [1.807, 2.05) is 21.1 Å². The monoisotopic (exact) mass is 985 g/mol. The highest BCUT2D eigenvalue weighted by Gasteiger charge is 2.25. The van der Waals surface area contributed by atoms with Gasteiger partial charge in [0, 0.05) is 12.8 Å². The SMILES string of the molecule is CC/C=C\C/C=C\C/C=C\C/C=C\C/C=C\C/C=C\C/C=C\C/C=C\CCCCCCC(=O)OC(COC(=O)CCCCCC/C=C\C/C=C\C/C=C\C/C=C\CC)COC(OCC[N+](C)(C)C)C(=O)O. The lowest BCUT2D eigenvalue weighted by molar-refractivity contribution is -0.870. The fraction of sp³-hybridized carbons (Fsp3) is 0.565. The average molecular weight is 985 g/mol. The molecular weight excluding hydrogens is 887 g/mol. The first-order chi connectivity index (χ1) is 34.6. The van der Waals surface area contributed by atoms with Gasteiger partial charge in [-0.05, 0) is 116 Å². The van der Waals surface area contributed by atoms with E-state index < -0.39 is 24.3 Å². The highest BCUT2D eigenvalue weighted by atomic mass is 16.7. The molecule has 0 heterocycles. The lowest BCUT2D eigenvalue weighted by Crippen LogP contribution is -2.40. The molecule has 0 fully saturated rings. The van der Waals surface area contributed by atoms with E-state index in [2.05, 4.69) is 160 Å². The molecule has 9 heteroatoms. The maximum Gasteiger partial charge on any atom is 0.361 e. The lowest BCUT2D eigenvalue weighted by atomic mass is 10.1. The van der Waals surface area contributed by atoms with Crippen LogP contribution in [0, 0.1) is 0 Å². The Balaban J connectivity index is 4.43. The van der Waals surface area contributed by atoms with Crippen molar-refractivity contribution in [3.05, 3.63) is 146 Å². The zero-order valence-corrected chi connectivity index (χ0v) is 45.1. The number of unbranched alkanes of at least 4 members (excludes halogenated alkanes) is 8. The zero-order valence-electron chi connectivity index (χ0n) is 45.1. The van der Waals surface area contributed by atoms with Crippen molar-refractivity contribution in [2.75, 3.05) is 47.5 Å². The first kappa shape index (κ1) is 66.2. The van der Waals surface area contributed by atoms with Crippen molar-refractivity contribution >= 4 is 17.9 Å².